The van der Waals surface area contributed by atoms with E-state index in [4.69, 9.17) is 16.3 Å². The molecule has 0 bridgehead atoms. The number of aromatic amines is 1. The number of piperazine rings is 1. The summed E-state index contributed by atoms with van der Waals surface area (Å²) < 4.78 is 5.45. The zero-order chi connectivity index (χ0) is 18.1. The molecule has 1 aromatic heterocycles. The van der Waals surface area contributed by atoms with E-state index in [2.05, 4.69) is 16.0 Å². The fraction of sp³-hybridized carbons (Fsp3) is 0.250. The van der Waals surface area contributed by atoms with Crippen LogP contribution in [0.5, 0.6) is 5.75 Å². The molecule has 1 aliphatic rings. The first-order valence-corrected chi connectivity index (χ1v) is 8.99. The van der Waals surface area contributed by atoms with Gasteiger partial charge in [0.05, 0.1) is 18.4 Å². The van der Waals surface area contributed by atoms with Crippen LogP contribution in [0.2, 0.25) is 5.02 Å². The average Bonchev–Trinajstić information content (AvgIpc) is 3.10. The van der Waals surface area contributed by atoms with Crippen LogP contribution < -0.4 is 9.64 Å². The summed E-state index contributed by atoms with van der Waals surface area (Å²) in [7, 11) is 1.68. The van der Waals surface area contributed by atoms with Crippen molar-refractivity contribution in [3.8, 4) is 5.75 Å². The second-order valence-electron chi connectivity index (χ2n) is 6.34. The number of nitrogens with zero attached hydrogens (tertiary/aromatic N) is 2. The molecule has 1 N–H and O–H groups in total. The molecule has 0 atom stereocenters. The number of aromatic nitrogens is 1. The molecule has 0 radical (unpaired) electrons. The number of anilines is 1. The summed E-state index contributed by atoms with van der Waals surface area (Å²) in [5.41, 5.74) is 2.67. The summed E-state index contributed by atoms with van der Waals surface area (Å²) in [6, 6.07) is 13.5. The number of benzene rings is 2. The Kier molecular flexibility index (Phi) is 4.47. The van der Waals surface area contributed by atoms with Gasteiger partial charge in [-0.3, -0.25) is 4.79 Å². The summed E-state index contributed by atoms with van der Waals surface area (Å²) in [6.45, 7) is 2.89. The highest BCUT2D eigenvalue weighted by atomic mass is 35.5. The molecular weight excluding hydrogens is 350 g/mol. The van der Waals surface area contributed by atoms with Crippen LogP contribution in [0.25, 0.3) is 10.9 Å². The number of hydrogen-bond donors (Lipinski definition) is 1. The number of H-pyrrole nitrogens is 1. The molecule has 134 valence electrons. The summed E-state index contributed by atoms with van der Waals surface area (Å²) in [5.74, 6) is 0.900. The smallest absolute Gasteiger partial charge is 0.256 e. The van der Waals surface area contributed by atoms with Gasteiger partial charge < -0.3 is 19.5 Å². The number of ether oxygens (including phenoxy) is 1. The van der Waals surface area contributed by atoms with Crippen LogP contribution in [0, 0.1) is 0 Å². The van der Waals surface area contributed by atoms with Gasteiger partial charge >= 0.3 is 0 Å². The number of amides is 1. The molecule has 2 aromatic carbocycles. The lowest BCUT2D eigenvalue weighted by Crippen LogP contribution is -2.48. The molecule has 2 heterocycles. The fourth-order valence-electron chi connectivity index (χ4n) is 3.48. The number of carbonyl (C=O) groups is 1. The van der Waals surface area contributed by atoms with E-state index in [1.165, 1.54) is 0 Å². The number of hydrogen-bond acceptors (Lipinski definition) is 3. The molecule has 1 amide bonds. The van der Waals surface area contributed by atoms with Gasteiger partial charge in [0, 0.05) is 48.3 Å². The predicted molar refractivity (Wildman–Crippen MR) is 104 cm³/mol. The van der Waals surface area contributed by atoms with Gasteiger partial charge in [0.1, 0.15) is 5.75 Å². The first-order valence-electron chi connectivity index (χ1n) is 8.61. The van der Waals surface area contributed by atoms with Gasteiger partial charge in [-0.1, -0.05) is 23.7 Å². The topological polar surface area (TPSA) is 48.6 Å². The van der Waals surface area contributed by atoms with E-state index >= 15 is 0 Å². The molecule has 1 saturated heterocycles. The highest BCUT2D eigenvalue weighted by Crippen LogP contribution is 2.29. The van der Waals surface area contributed by atoms with Crippen molar-refractivity contribution in [1.82, 2.24) is 9.88 Å². The van der Waals surface area contributed by atoms with Crippen LogP contribution in [-0.4, -0.2) is 49.1 Å². The van der Waals surface area contributed by atoms with E-state index in [1.54, 1.807) is 13.3 Å². The minimum atomic E-state index is 0.0400. The van der Waals surface area contributed by atoms with Gasteiger partial charge in [-0.15, -0.1) is 0 Å². The average molecular weight is 370 g/mol. The Morgan fingerprint density at radius 2 is 1.88 bits per heavy atom. The predicted octanol–water partition coefficient (Wildman–Crippen LogP) is 3.79. The number of carbonyl (C=O) groups excluding carboxylic acids is 1. The Bertz CT molecular complexity index is 945. The minimum Gasteiger partial charge on any atom is -0.495 e. The molecule has 0 aliphatic carbocycles. The van der Waals surface area contributed by atoms with Crippen molar-refractivity contribution < 1.29 is 9.53 Å². The highest BCUT2D eigenvalue weighted by molar-refractivity contribution is 6.31. The Labute approximate surface area is 157 Å². The van der Waals surface area contributed by atoms with Crippen LogP contribution in [0.1, 0.15) is 10.4 Å². The molecule has 5 nitrogen and oxygen atoms in total. The van der Waals surface area contributed by atoms with Crippen molar-refractivity contribution in [2.45, 2.75) is 0 Å². The maximum Gasteiger partial charge on any atom is 0.256 e. The standard InChI is InChI=1S/C20H20ClN3O2/c1-26-19-5-3-2-4-18(19)23-8-10-24(11-9-23)20(25)16-13-22-17-7-6-14(21)12-15(16)17/h2-7,12-13,22H,8-11H2,1H3. The number of methoxy groups -OCH3 is 1. The summed E-state index contributed by atoms with van der Waals surface area (Å²) in [5, 5.41) is 1.50. The van der Waals surface area contributed by atoms with Crippen molar-refractivity contribution in [2.75, 3.05) is 38.2 Å². The second-order valence-corrected chi connectivity index (χ2v) is 6.78. The first-order chi connectivity index (χ1) is 12.7. The number of fused-ring (bicyclic) bond motifs is 1. The highest BCUT2D eigenvalue weighted by Gasteiger charge is 2.25. The SMILES string of the molecule is COc1ccccc1N1CCN(C(=O)c2c[nH]c3ccc(Cl)cc23)CC1. The van der Waals surface area contributed by atoms with Crippen LogP contribution in [0.3, 0.4) is 0 Å². The van der Waals surface area contributed by atoms with Gasteiger partial charge in [-0.2, -0.15) is 0 Å². The van der Waals surface area contributed by atoms with E-state index < -0.39 is 0 Å². The fourth-order valence-corrected chi connectivity index (χ4v) is 3.65. The van der Waals surface area contributed by atoms with E-state index in [1.807, 2.05) is 41.3 Å². The monoisotopic (exact) mass is 369 g/mol. The molecule has 4 rings (SSSR count). The maximum atomic E-state index is 13.0. The van der Waals surface area contributed by atoms with Crippen LogP contribution >= 0.6 is 11.6 Å². The summed E-state index contributed by atoms with van der Waals surface area (Å²) in [6.07, 6.45) is 1.77. The molecular formula is C20H20ClN3O2. The molecule has 3 aromatic rings. The molecule has 0 spiro atoms. The number of para-hydroxylation sites is 2. The molecule has 1 fully saturated rings. The van der Waals surface area contributed by atoms with Crippen molar-refractivity contribution in [3.05, 3.63) is 59.2 Å². The minimum absolute atomic E-state index is 0.0400. The summed E-state index contributed by atoms with van der Waals surface area (Å²) >= 11 is 6.10. The molecule has 1 aliphatic heterocycles. The van der Waals surface area contributed by atoms with Crippen LogP contribution in [-0.2, 0) is 0 Å². The van der Waals surface area contributed by atoms with E-state index in [9.17, 15) is 4.79 Å². The maximum absolute atomic E-state index is 13.0. The lowest BCUT2D eigenvalue weighted by atomic mass is 10.1. The number of rotatable bonds is 3. The first kappa shape index (κ1) is 16.8. The molecule has 26 heavy (non-hydrogen) atoms. The van der Waals surface area contributed by atoms with Crippen LogP contribution in [0.4, 0.5) is 5.69 Å². The van der Waals surface area contributed by atoms with Gasteiger partial charge in [0.25, 0.3) is 5.91 Å². The third kappa shape index (κ3) is 2.99. The van der Waals surface area contributed by atoms with Gasteiger partial charge in [-0.25, -0.2) is 0 Å². The molecule has 0 saturated carbocycles. The normalized spacial score (nSPS) is 14.7. The van der Waals surface area contributed by atoms with Crippen molar-refractivity contribution in [2.24, 2.45) is 0 Å². The Balaban J connectivity index is 1.50. The van der Waals surface area contributed by atoms with Crippen molar-refractivity contribution in [1.29, 1.82) is 0 Å². The number of halogens is 1. The van der Waals surface area contributed by atoms with Crippen LogP contribution in [0.15, 0.2) is 48.7 Å². The zero-order valence-electron chi connectivity index (χ0n) is 14.5. The van der Waals surface area contributed by atoms with Crippen molar-refractivity contribution >= 4 is 34.1 Å². The molecule has 6 heteroatoms. The second kappa shape index (κ2) is 6.92. The van der Waals surface area contributed by atoms with Crippen molar-refractivity contribution in [3.63, 3.8) is 0 Å². The van der Waals surface area contributed by atoms with E-state index in [0.717, 1.165) is 35.4 Å². The van der Waals surface area contributed by atoms with Gasteiger partial charge in [0.2, 0.25) is 0 Å². The van der Waals surface area contributed by atoms with E-state index in [0.29, 0.717) is 23.7 Å². The Morgan fingerprint density at radius 1 is 1.12 bits per heavy atom. The lowest BCUT2D eigenvalue weighted by Gasteiger charge is -2.36. The third-order valence-corrected chi connectivity index (χ3v) is 5.10. The zero-order valence-corrected chi connectivity index (χ0v) is 15.3. The summed E-state index contributed by atoms with van der Waals surface area (Å²) in [4.78, 5) is 20.3. The Morgan fingerprint density at radius 3 is 2.65 bits per heavy atom. The number of nitrogens with one attached hydrogen (secondary N) is 1. The third-order valence-electron chi connectivity index (χ3n) is 4.87. The molecule has 0 unspecified atom stereocenters. The largest absolute Gasteiger partial charge is 0.495 e. The Hall–Kier alpha value is -2.66. The van der Waals surface area contributed by atoms with Gasteiger partial charge in [0.15, 0.2) is 0 Å². The quantitative estimate of drug-likeness (QED) is 0.764. The van der Waals surface area contributed by atoms with E-state index in [-0.39, 0.29) is 5.91 Å². The lowest BCUT2D eigenvalue weighted by molar-refractivity contribution is 0.0748. The van der Waals surface area contributed by atoms with Gasteiger partial charge in [-0.05, 0) is 30.3 Å².